The maximum Gasteiger partial charge on any atom is 0.419 e. The number of cyclic esters (lactones) is 1. The second-order valence-electron chi connectivity index (χ2n) is 7.36. The molecule has 0 aliphatic carbocycles. The van der Waals surface area contributed by atoms with Crippen molar-refractivity contribution in [1.29, 1.82) is 0 Å². The lowest BCUT2D eigenvalue weighted by molar-refractivity contribution is -0.116. The van der Waals surface area contributed by atoms with Crippen molar-refractivity contribution < 1.29 is 14.3 Å². The number of aromatic amines is 1. The number of imide groups is 1. The second-order valence-corrected chi connectivity index (χ2v) is 7.36. The minimum Gasteiger partial charge on any atom is -0.404 e. The van der Waals surface area contributed by atoms with Crippen LogP contribution >= 0.6 is 0 Å². The Balaban J connectivity index is 1.71. The number of ether oxygens (including phenoxy) is 1. The summed E-state index contributed by atoms with van der Waals surface area (Å²) in [4.78, 5) is 43.2. The van der Waals surface area contributed by atoms with E-state index in [1.807, 2.05) is 49.9 Å². The SMILES string of the molecule is CC(C)C(C=C1OC(=O)NC1=O)c1ccc(-c2cnc3c(ccn3C)c2)[nH]c1=O. The summed E-state index contributed by atoms with van der Waals surface area (Å²) in [5, 5.41) is 3.04. The van der Waals surface area contributed by atoms with E-state index in [-0.39, 0.29) is 17.2 Å². The van der Waals surface area contributed by atoms with Gasteiger partial charge in [0.25, 0.3) is 11.5 Å². The highest BCUT2D eigenvalue weighted by atomic mass is 16.6. The third-order valence-corrected chi connectivity index (χ3v) is 5.01. The van der Waals surface area contributed by atoms with Crippen LogP contribution in [0, 0.1) is 5.92 Å². The van der Waals surface area contributed by atoms with Gasteiger partial charge in [-0.2, -0.15) is 0 Å². The smallest absolute Gasteiger partial charge is 0.404 e. The van der Waals surface area contributed by atoms with Crippen LogP contribution in [0.2, 0.25) is 0 Å². The van der Waals surface area contributed by atoms with Crippen LogP contribution in [0.4, 0.5) is 4.79 Å². The number of H-pyrrole nitrogens is 1. The molecule has 0 saturated carbocycles. The number of aryl methyl sites for hydroxylation is 1. The zero-order valence-corrected chi connectivity index (χ0v) is 16.2. The normalized spacial score (nSPS) is 16.5. The van der Waals surface area contributed by atoms with Crippen LogP contribution in [0.1, 0.15) is 25.3 Å². The highest BCUT2D eigenvalue weighted by Crippen LogP contribution is 2.28. The number of fused-ring (bicyclic) bond motifs is 1. The Morgan fingerprint density at radius 2 is 1.97 bits per heavy atom. The number of hydrogen-bond acceptors (Lipinski definition) is 5. The first-order valence-corrected chi connectivity index (χ1v) is 9.23. The molecule has 4 heterocycles. The van der Waals surface area contributed by atoms with Crippen molar-refractivity contribution in [3.8, 4) is 11.3 Å². The van der Waals surface area contributed by atoms with Gasteiger partial charge in [-0.15, -0.1) is 0 Å². The maximum atomic E-state index is 12.8. The van der Waals surface area contributed by atoms with Gasteiger partial charge in [-0.1, -0.05) is 19.9 Å². The zero-order valence-electron chi connectivity index (χ0n) is 16.2. The van der Waals surface area contributed by atoms with Crippen molar-refractivity contribution in [2.75, 3.05) is 0 Å². The van der Waals surface area contributed by atoms with Gasteiger partial charge in [-0.25, -0.2) is 9.78 Å². The lowest BCUT2D eigenvalue weighted by Crippen LogP contribution is -2.21. The molecule has 148 valence electrons. The largest absolute Gasteiger partial charge is 0.419 e. The first-order valence-electron chi connectivity index (χ1n) is 9.23. The number of alkyl carbamates (subject to hydrolysis) is 1. The van der Waals surface area contributed by atoms with Crippen molar-refractivity contribution >= 4 is 23.0 Å². The lowest BCUT2D eigenvalue weighted by atomic mass is 9.88. The van der Waals surface area contributed by atoms with Crippen LogP contribution < -0.4 is 10.9 Å². The number of nitrogens with one attached hydrogen (secondary N) is 2. The van der Waals surface area contributed by atoms with E-state index in [1.54, 1.807) is 12.3 Å². The standard InChI is InChI=1S/C21H20N4O4/c1-11(2)15(9-17-20(27)24-21(28)29-17)14-4-5-16(23-19(14)26)13-8-12-6-7-25(3)18(12)22-10-13/h4-11,15H,1-3H3,(H,23,26)(H,24,27,28). The highest BCUT2D eigenvalue weighted by molar-refractivity contribution is 6.07. The van der Waals surface area contributed by atoms with Crippen LogP contribution in [-0.2, 0) is 16.6 Å². The second kappa shape index (κ2) is 7.05. The Morgan fingerprint density at radius 1 is 1.17 bits per heavy atom. The van der Waals surface area contributed by atoms with Gasteiger partial charge in [-0.3, -0.25) is 14.9 Å². The Kier molecular flexibility index (Phi) is 4.54. The van der Waals surface area contributed by atoms with E-state index < -0.39 is 17.9 Å². The molecule has 29 heavy (non-hydrogen) atoms. The van der Waals surface area contributed by atoms with E-state index in [1.165, 1.54) is 6.08 Å². The topological polar surface area (TPSA) is 106 Å². The molecule has 1 saturated heterocycles. The summed E-state index contributed by atoms with van der Waals surface area (Å²) in [5.41, 5.74) is 2.54. The maximum absolute atomic E-state index is 12.8. The fourth-order valence-corrected chi connectivity index (χ4v) is 3.46. The van der Waals surface area contributed by atoms with Crippen LogP contribution in [0.25, 0.3) is 22.3 Å². The van der Waals surface area contributed by atoms with Gasteiger partial charge >= 0.3 is 6.09 Å². The summed E-state index contributed by atoms with van der Waals surface area (Å²) >= 11 is 0. The summed E-state index contributed by atoms with van der Waals surface area (Å²) in [6.45, 7) is 3.86. The average molecular weight is 392 g/mol. The fraction of sp³-hybridized carbons (Fsp3) is 0.238. The van der Waals surface area contributed by atoms with Gasteiger partial charge in [0.15, 0.2) is 5.76 Å². The molecule has 1 unspecified atom stereocenters. The molecule has 0 aromatic carbocycles. The van der Waals surface area contributed by atoms with E-state index in [4.69, 9.17) is 4.74 Å². The van der Waals surface area contributed by atoms with Crippen molar-refractivity contribution in [2.24, 2.45) is 13.0 Å². The van der Waals surface area contributed by atoms with Gasteiger partial charge in [0.05, 0.1) is 0 Å². The molecule has 8 heteroatoms. The number of amides is 2. The van der Waals surface area contributed by atoms with Gasteiger partial charge in [-0.05, 0) is 30.2 Å². The number of nitrogens with zero attached hydrogens (tertiary/aromatic N) is 2. The molecule has 3 aromatic rings. The number of allylic oxidation sites excluding steroid dienone is 1. The van der Waals surface area contributed by atoms with Crippen molar-refractivity contribution in [2.45, 2.75) is 19.8 Å². The third kappa shape index (κ3) is 3.44. The number of carbonyl (C=O) groups excluding carboxylic acids is 2. The molecule has 1 atom stereocenters. The molecule has 0 radical (unpaired) electrons. The molecule has 4 rings (SSSR count). The highest BCUT2D eigenvalue weighted by Gasteiger charge is 2.29. The van der Waals surface area contributed by atoms with E-state index in [9.17, 15) is 14.4 Å². The van der Waals surface area contributed by atoms with E-state index in [0.29, 0.717) is 11.3 Å². The first kappa shape index (κ1) is 18.7. The third-order valence-electron chi connectivity index (χ3n) is 5.01. The minimum absolute atomic E-state index is 0.00360. The number of carbonyl (C=O) groups is 2. The molecule has 8 nitrogen and oxygen atoms in total. The van der Waals surface area contributed by atoms with Crippen LogP contribution in [0.3, 0.4) is 0 Å². The molecular weight excluding hydrogens is 372 g/mol. The minimum atomic E-state index is -0.809. The van der Waals surface area contributed by atoms with Gasteiger partial charge in [0, 0.05) is 47.6 Å². The number of hydrogen-bond donors (Lipinski definition) is 2. The van der Waals surface area contributed by atoms with Gasteiger partial charge in [0.1, 0.15) is 5.65 Å². The van der Waals surface area contributed by atoms with Crippen molar-refractivity contribution in [1.82, 2.24) is 19.9 Å². The molecule has 2 N–H and O–H groups in total. The van der Waals surface area contributed by atoms with Crippen LogP contribution in [0.5, 0.6) is 0 Å². The summed E-state index contributed by atoms with van der Waals surface area (Å²) in [5.74, 6) is -1.08. The van der Waals surface area contributed by atoms with Crippen molar-refractivity contribution in [3.63, 3.8) is 0 Å². The van der Waals surface area contributed by atoms with Gasteiger partial charge < -0.3 is 14.3 Å². The first-order chi connectivity index (χ1) is 13.8. The average Bonchev–Trinajstić information content (AvgIpc) is 3.20. The molecule has 3 aromatic heterocycles. The Morgan fingerprint density at radius 3 is 2.62 bits per heavy atom. The Labute approximate surface area is 166 Å². The zero-order chi connectivity index (χ0) is 20.7. The molecule has 0 spiro atoms. The number of rotatable bonds is 4. The van der Waals surface area contributed by atoms with Gasteiger partial charge in [0.2, 0.25) is 0 Å². The molecule has 2 amide bonds. The molecular formula is C21H20N4O4. The quantitative estimate of drug-likeness (QED) is 0.664. The predicted octanol–water partition coefficient (Wildman–Crippen LogP) is 2.82. The predicted molar refractivity (Wildman–Crippen MR) is 107 cm³/mol. The summed E-state index contributed by atoms with van der Waals surface area (Å²) < 4.78 is 6.82. The summed E-state index contributed by atoms with van der Waals surface area (Å²) in [7, 11) is 1.92. The van der Waals surface area contributed by atoms with Crippen LogP contribution in [-0.4, -0.2) is 26.5 Å². The molecule has 1 fully saturated rings. The number of aromatic nitrogens is 3. The van der Waals surface area contributed by atoms with E-state index in [0.717, 1.165) is 16.6 Å². The summed E-state index contributed by atoms with van der Waals surface area (Å²) in [6.07, 6.45) is 4.36. The van der Waals surface area contributed by atoms with E-state index >= 15 is 0 Å². The Bertz CT molecular complexity index is 1220. The molecule has 1 aliphatic rings. The molecule has 1 aliphatic heterocycles. The van der Waals surface area contributed by atoms with Crippen molar-refractivity contribution in [3.05, 3.63) is 64.4 Å². The fourth-order valence-electron chi connectivity index (χ4n) is 3.46. The summed E-state index contributed by atoms with van der Waals surface area (Å²) in [6, 6.07) is 7.49. The Hall–Kier alpha value is -3.68. The van der Waals surface area contributed by atoms with Crippen LogP contribution in [0.15, 0.2) is 53.3 Å². The molecule has 0 bridgehead atoms. The monoisotopic (exact) mass is 392 g/mol. The number of pyridine rings is 2. The van der Waals surface area contributed by atoms with E-state index in [2.05, 4.69) is 15.3 Å². The lowest BCUT2D eigenvalue weighted by Gasteiger charge is -2.17.